The maximum Gasteiger partial charge on any atom is 0.290 e. The third-order valence-corrected chi connectivity index (χ3v) is 5.88. The first-order valence-corrected chi connectivity index (χ1v) is 9.92. The Morgan fingerprint density at radius 3 is 2.48 bits per heavy atom. The van der Waals surface area contributed by atoms with E-state index in [2.05, 4.69) is 73.3 Å². The number of rotatable bonds is 4. The predicted octanol–water partition coefficient (Wildman–Crippen LogP) is 5.20. The molecule has 1 aliphatic heterocycles. The van der Waals surface area contributed by atoms with Gasteiger partial charge in [0.1, 0.15) is 0 Å². The molecule has 1 fully saturated rings. The smallest absolute Gasteiger partial charge is 0.290 e. The number of hydrogen-bond acceptors (Lipinski definition) is 3. The third-order valence-electron chi connectivity index (χ3n) is 5.88. The molecular weight excluding hydrogens is 336 g/mol. The molecule has 1 aliphatic carbocycles. The van der Waals surface area contributed by atoms with E-state index in [-0.39, 0.29) is 11.3 Å². The van der Waals surface area contributed by atoms with Crippen LogP contribution in [0, 0.1) is 22.2 Å². The fraction of sp³-hybridized carbons (Fsp3) is 0.522. The molecule has 2 atom stereocenters. The summed E-state index contributed by atoms with van der Waals surface area (Å²) in [6, 6.07) is 8.71. The van der Waals surface area contributed by atoms with Crippen molar-refractivity contribution >= 4 is 11.5 Å². The van der Waals surface area contributed by atoms with Gasteiger partial charge in [0.25, 0.3) is 5.91 Å². The van der Waals surface area contributed by atoms with E-state index >= 15 is 0 Å². The lowest BCUT2D eigenvalue weighted by Gasteiger charge is -2.42. The summed E-state index contributed by atoms with van der Waals surface area (Å²) in [5.41, 5.74) is 3.88. The van der Waals surface area contributed by atoms with Crippen molar-refractivity contribution in [3.05, 3.63) is 58.5 Å². The van der Waals surface area contributed by atoms with Crippen molar-refractivity contribution in [2.75, 3.05) is 13.1 Å². The molecule has 1 amide bonds. The first-order chi connectivity index (χ1) is 12.9. The zero-order chi connectivity index (χ0) is 19.4. The van der Waals surface area contributed by atoms with Crippen LogP contribution in [0.25, 0.3) is 5.57 Å². The Bertz CT molecular complexity index is 741. The van der Waals surface area contributed by atoms with E-state index in [0.717, 1.165) is 32.4 Å². The molecular formula is C23H30N2O2. The van der Waals surface area contributed by atoms with Crippen LogP contribution in [-0.4, -0.2) is 23.9 Å². The van der Waals surface area contributed by atoms with Gasteiger partial charge in [-0.1, -0.05) is 63.3 Å². The van der Waals surface area contributed by atoms with Crippen LogP contribution in [0.15, 0.2) is 47.7 Å². The van der Waals surface area contributed by atoms with Gasteiger partial charge in [0, 0.05) is 24.8 Å². The van der Waals surface area contributed by atoms with E-state index in [9.17, 15) is 9.70 Å². The quantitative estimate of drug-likeness (QED) is 0.688. The minimum absolute atomic E-state index is 0.101. The number of benzene rings is 1. The van der Waals surface area contributed by atoms with Crippen LogP contribution in [0.4, 0.5) is 0 Å². The molecule has 3 rings (SSSR count). The van der Waals surface area contributed by atoms with Crippen LogP contribution < -0.4 is 0 Å². The summed E-state index contributed by atoms with van der Waals surface area (Å²) in [4.78, 5) is 25.0. The number of carbonyl (C=O) groups excluding carboxylic acids is 1. The molecule has 0 aromatic heterocycles. The van der Waals surface area contributed by atoms with Crippen molar-refractivity contribution in [3.63, 3.8) is 0 Å². The number of allylic oxidation sites excluding steroid dienone is 4. The fourth-order valence-corrected chi connectivity index (χ4v) is 4.09. The van der Waals surface area contributed by atoms with Gasteiger partial charge >= 0.3 is 0 Å². The van der Waals surface area contributed by atoms with Crippen molar-refractivity contribution in [1.29, 1.82) is 0 Å². The Morgan fingerprint density at radius 1 is 1.15 bits per heavy atom. The first-order valence-electron chi connectivity index (χ1n) is 9.92. The van der Waals surface area contributed by atoms with Crippen LogP contribution in [0.5, 0.6) is 0 Å². The molecule has 4 heteroatoms. The Balaban J connectivity index is 1.71. The zero-order valence-corrected chi connectivity index (χ0v) is 16.6. The van der Waals surface area contributed by atoms with E-state index < -0.39 is 5.91 Å². The summed E-state index contributed by atoms with van der Waals surface area (Å²) < 4.78 is 0. The Labute approximate surface area is 162 Å². The Morgan fingerprint density at radius 2 is 1.89 bits per heavy atom. The highest BCUT2D eigenvalue weighted by Gasteiger charge is 2.37. The van der Waals surface area contributed by atoms with Crippen LogP contribution in [-0.2, 0) is 11.3 Å². The van der Waals surface area contributed by atoms with Crippen LogP contribution in [0.2, 0.25) is 0 Å². The van der Waals surface area contributed by atoms with Crippen molar-refractivity contribution < 1.29 is 4.79 Å². The maximum atomic E-state index is 11.9. The van der Waals surface area contributed by atoms with E-state index in [1.54, 1.807) is 0 Å². The highest BCUT2D eigenvalue weighted by atomic mass is 16.3. The number of likely N-dealkylation sites (tertiary alicyclic amines) is 1. The monoisotopic (exact) mass is 366 g/mol. The predicted molar refractivity (Wildman–Crippen MR) is 110 cm³/mol. The summed E-state index contributed by atoms with van der Waals surface area (Å²) >= 11 is 0. The number of hydrogen-bond donors (Lipinski definition) is 0. The lowest BCUT2D eigenvalue weighted by Crippen LogP contribution is -2.46. The van der Waals surface area contributed by atoms with Gasteiger partial charge in [-0.15, -0.1) is 4.91 Å². The zero-order valence-electron chi connectivity index (χ0n) is 16.6. The minimum atomic E-state index is -0.500. The van der Waals surface area contributed by atoms with E-state index in [4.69, 9.17) is 0 Å². The Kier molecular flexibility index (Phi) is 6.05. The lowest BCUT2D eigenvalue weighted by atomic mass is 9.73. The molecule has 2 aliphatic rings. The standard InChI is InChI=1S/C23H30N2O2/c1-23(2,3)21-13-20(22(26)24-27)15-25(16-21)14-17-9-11-19(12-10-17)18-7-5-4-6-8-18/h5,7-12,20-21H,4,6,13-16H2,1-3H3. The molecule has 1 heterocycles. The van der Waals surface area contributed by atoms with Gasteiger partial charge in [-0.05, 0) is 47.3 Å². The highest BCUT2D eigenvalue weighted by Crippen LogP contribution is 2.36. The highest BCUT2D eigenvalue weighted by molar-refractivity contribution is 5.79. The molecule has 1 aromatic rings. The van der Waals surface area contributed by atoms with Crippen LogP contribution in [0.1, 0.15) is 51.2 Å². The lowest BCUT2D eigenvalue weighted by molar-refractivity contribution is -0.125. The molecule has 0 N–H and O–H groups in total. The van der Waals surface area contributed by atoms with Gasteiger partial charge < -0.3 is 0 Å². The summed E-state index contributed by atoms with van der Waals surface area (Å²) in [6.07, 6.45) is 9.69. The van der Waals surface area contributed by atoms with Crippen molar-refractivity contribution in [2.24, 2.45) is 22.4 Å². The van der Waals surface area contributed by atoms with E-state index in [1.807, 2.05) is 0 Å². The second kappa shape index (κ2) is 8.30. The number of carbonyl (C=O) groups is 1. The number of amides is 1. The average Bonchev–Trinajstić information content (AvgIpc) is 2.67. The largest absolute Gasteiger partial charge is 0.298 e. The van der Waals surface area contributed by atoms with Crippen LogP contribution >= 0.6 is 0 Å². The fourth-order valence-electron chi connectivity index (χ4n) is 4.09. The molecule has 4 nitrogen and oxygen atoms in total. The van der Waals surface area contributed by atoms with Crippen molar-refractivity contribution in [3.8, 4) is 0 Å². The maximum absolute atomic E-state index is 11.9. The summed E-state index contributed by atoms with van der Waals surface area (Å²) in [5.74, 6) is -0.406. The molecule has 27 heavy (non-hydrogen) atoms. The summed E-state index contributed by atoms with van der Waals surface area (Å²) in [7, 11) is 0. The van der Waals surface area contributed by atoms with Gasteiger partial charge in [0.2, 0.25) is 0 Å². The Hall–Kier alpha value is -2.07. The van der Waals surface area contributed by atoms with E-state index in [1.165, 1.54) is 16.7 Å². The first kappa shape index (κ1) is 19.7. The molecule has 0 bridgehead atoms. The molecule has 0 radical (unpaired) electrons. The molecule has 144 valence electrons. The SMILES string of the molecule is CC(C)(C)C1CC(C(=O)N=O)CN(Cc2ccc(C3=CCCC=C3)cc2)C1. The molecule has 2 unspecified atom stereocenters. The second-order valence-corrected chi connectivity index (χ2v) is 8.96. The van der Waals surface area contributed by atoms with Gasteiger partial charge in [0.05, 0.1) is 5.92 Å². The van der Waals surface area contributed by atoms with Gasteiger partial charge in [-0.2, -0.15) is 0 Å². The second-order valence-electron chi connectivity index (χ2n) is 8.96. The molecule has 0 saturated carbocycles. The third kappa shape index (κ3) is 5.01. The minimum Gasteiger partial charge on any atom is -0.298 e. The molecule has 1 saturated heterocycles. The van der Waals surface area contributed by atoms with Gasteiger partial charge in [-0.25, -0.2) is 0 Å². The number of nitroso groups, excluding NO2 is 1. The molecule has 1 aromatic carbocycles. The van der Waals surface area contributed by atoms with Crippen LogP contribution in [0.3, 0.4) is 0 Å². The summed E-state index contributed by atoms with van der Waals surface area (Å²) in [5, 5.41) is 2.71. The van der Waals surface area contributed by atoms with E-state index in [0.29, 0.717) is 12.5 Å². The number of piperidine rings is 1. The van der Waals surface area contributed by atoms with Crippen molar-refractivity contribution in [1.82, 2.24) is 4.90 Å². The normalized spacial score (nSPS) is 23.7. The average molecular weight is 367 g/mol. The number of nitrogens with zero attached hydrogens (tertiary/aromatic N) is 2. The van der Waals surface area contributed by atoms with Gasteiger partial charge in [-0.3, -0.25) is 9.69 Å². The topological polar surface area (TPSA) is 49.7 Å². The van der Waals surface area contributed by atoms with Gasteiger partial charge in [0.15, 0.2) is 0 Å². The van der Waals surface area contributed by atoms with Crippen molar-refractivity contribution in [2.45, 2.75) is 46.6 Å². The molecule has 0 spiro atoms. The summed E-state index contributed by atoms with van der Waals surface area (Å²) in [6.45, 7) is 8.98.